The monoisotopic (exact) mass is 576 g/mol. The van der Waals surface area contributed by atoms with E-state index in [9.17, 15) is 24.9 Å². The van der Waals surface area contributed by atoms with Crippen molar-refractivity contribution in [3.63, 3.8) is 0 Å². The lowest BCUT2D eigenvalue weighted by Gasteiger charge is -2.71. The van der Waals surface area contributed by atoms with Gasteiger partial charge < -0.3 is 24.8 Å². The number of hydrogen-bond donors (Lipinski definition) is 3. The fourth-order valence-corrected chi connectivity index (χ4v) is 10.9. The molecule has 12 atom stereocenters. The highest BCUT2D eigenvalue weighted by Gasteiger charge is 2.73. The van der Waals surface area contributed by atoms with Gasteiger partial charge in [0.15, 0.2) is 0 Å². The molecule has 0 spiro atoms. The maximum absolute atomic E-state index is 12.1. The summed E-state index contributed by atoms with van der Waals surface area (Å²) < 4.78 is 11.3. The van der Waals surface area contributed by atoms with Gasteiger partial charge in [-0.15, -0.1) is 0 Å². The summed E-state index contributed by atoms with van der Waals surface area (Å²) in [5.74, 6) is 0.854. The molecule has 0 radical (unpaired) electrons. The maximum Gasteiger partial charge on any atom is 0.303 e. The lowest BCUT2D eigenvalue weighted by Crippen LogP contribution is -2.73. The molecule has 0 aromatic rings. The highest BCUT2D eigenvalue weighted by atomic mass is 16.6. The summed E-state index contributed by atoms with van der Waals surface area (Å²) in [4.78, 5) is 24.1. The Morgan fingerprint density at radius 2 is 1.59 bits per heavy atom. The van der Waals surface area contributed by atoms with Crippen molar-refractivity contribution < 1.29 is 34.4 Å². The van der Waals surface area contributed by atoms with Gasteiger partial charge in [-0.3, -0.25) is 9.59 Å². The molecule has 0 heterocycles. The molecular formula is C34H56O7. The van der Waals surface area contributed by atoms with Gasteiger partial charge in [-0.1, -0.05) is 46.8 Å². The van der Waals surface area contributed by atoms with Crippen LogP contribution in [0.25, 0.3) is 0 Å². The first-order valence-electron chi connectivity index (χ1n) is 15.9. The first kappa shape index (κ1) is 32.5. The Morgan fingerprint density at radius 3 is 2.17 bits per heavy atom. The van der Waals surface area contributed by atoms with E-state index >= 15 is 0 Å². The molecule has 0 aromatic heterocycles. The third kappa shape index (κ3) is 5.20. The first-order chi connectivity index (χ1) is 18.8. The Morgan fingerprint density at radius 1 is 0.951 bits per heavy atom. The van der Waals surface area contributed by atoms with Crippen LogP contribution in [0.1, 0.15) is 107 Å². The molecule has 0 aliphatic heterocycles. The number of ether oxygens (including phenoxy) is 2. The number of rotatable bonds is 7. The number of fused-ring (bicyclic) bond motifs is 5. The van der Waals surface area contributed by atoms with Crippen LogP contribution in [0, 0.1) is 51.2 Å². The van der Waals surface area contributed by atoms with E-state index in [1.54, 1.807) is 0 Å². The maximum atomic E-state index is 12.1. The fraction of sp³-hybridized carbons (Fsp3) is 0.882. The largest absolute Gasteiger partial charge is 0.465 e. The third-order valence-electron chi connectivity index (χ3n) is 13.0. The summed E-state index contributed by atoms with van der Waals surface area (Å²) in [5, 5.41) is 33.6. The smallest absolute Gasteiger partial charge is 0.303 e. The van der Waals surface area contributed by atoms with Crippen LogP contribution in [0.3, 0.4) is 0 Å². The number of aliphatic hydroxyl groups excluding tert-OH is 2. The van der Waals surface area contributed by atoms with Gasteiger partial charge in [-0.2, -0.15) is 0 Å². The SMILES string of the molecule is CC(=O)OC[C@]1(C)[C@@H](OC(C)=O)[C@H](O)[C@H](O)[C@]2(C)[C@H]3CC[C@@H]4[C@@H]([C@H](C)C/C=C/C(C)(C)O)CC[C@@]4(C)[C@]3(C)CC[C@@H]12. The molecule has 7 nitrogen and oxygen atoms in total. The fourth-order valence-electron chi connectivity index (χ4n) is 10.9. The van der Waals surface area contributed by atoms with Gasteiger partial charge in [-0.05, 0) is 99.2 Å². The normalized spacial score (nSPS) is 46.8. The van der Waals surface area contributed by atoms with E-state index in [0.717, 1.165) is 38.5 Å². The third-order valence-corrected chi connectivity index (χ3v) is 13.0. The summed E-state index contributed by atoms with van der Waals surface area (Å²) in [7, 11) is 0. The average Bonchev–Trinajstić information content (AvgIpc) is 3.22. The van der Waals surface area contributed by atoms with Gasteiger partial charge >= 0.3 is 11.9 Å². The molecule has 4 fully saturated rings. The van der Waals surface area contributed by atoms with Crippen molar-refractivity contribution in [1.29, 1.82) is 0 Å². The van der Waals surface area contributed by atoms with Crippen molar-refractivity contribution in [2.45, 2.75) is 131 Å². The lowest BCUT2D eigenvalue weighted by molar-refractivity contribution is -0.299. The zero-order chi connectivity index (χ0) is 30.8. The van der Waals surface area contributed by atoms with Crippen LogP contribution >= 0.6 is 0 Å². The minimum absolute atomic E-state index is 0.0319. The summed E-state index contributed by atoms with van der Waals surface area (Å²) >= 11 is 0. The Labute approximate surface area is 247 Å². The molecule has 0 amide bonds. The number of allylic oxidation sites excluding steroid dienone is 1. The van der Waals surface area contributed by atoms with Crippen molar-refractivity contribution in [3.05, 3.63) is 12.2 Å². The summed E-state index contributed by atoms with van der Waals surface area (Å²) in [6.07, 6.45) is 7.89. The van der Waals surface area contributed by atoms with Gasteiger partial charge in [0.1, 0.15) is 18.8 Å². The Balaban J connectivity index is 1.68. The lowest BCUT2D eigenvalue weighted by atomic mass is 9.34. The second-order valence-corrected chi connectivity index (χ2v) is 15.8. The Kier molecular flexibility index (Phi) is 8.65. The van der Waals surface area contributed by atoms with Gasteiger partial charge in [0, 0.05) is 24.7 Å². The van der Waals surface area contributed by atoms with Crippen LogP contribution in [-0.4, -0.2) is 57.8 Å². The molecular weight excluding hydrogens is 520 g/mol. The van der Waals surface area contributed by atoms with Crippen molar-refractivity contribution in [2.75, 3.05) is 6.61 Å². The molecule has 7 heteroatoms. The number of hydrogen-bond acceptors (Lipinski definition) is 7. The predicted octanol–water partition coefficient (Wildman–Crippen LogP) is 5.44. The summed E-state index contributed by atoms with van der Waals surface area (Å²) in [5.41, 5.74) is -2.19. The molecule has 0 unspecified atom stereocenters. The van der Waals surface area contributed by atoms with Crippen LogP contribution in [0.4, 0.5) is 0 Å². The highest BCUT2D eigenvalue weighted by Crippen LogP contribution is 2.75. The van der Waals surface area contributed by atoms with Gasteiger partial charge in [-0.25, -0.2) is 0 Å². The number of carbonyl (C=O) groups is 2. The predicted molar refractivity (Wildman–Crippen MR) is 158 cm³/mol. The average molecular weight is 577 g/mol. The van der Waals surface area contributed by atoms with Crippen molar-refractivity contribution in [1.82, 2.24) is 0 Å². The molecule has 3 N–H and O–H groups in total. The van der Waals surface area contributed by atoms with Gasteiger partial charge in [0.25, 0.3) is 0 Å². The van der Waals surface area contributed by atoms with E-state index in [2.05, 4.69) is 33.8 Å². The molecule has 0 bridgehead atoms. The molecule has 0 aromatic carbocycles. The summed E-state index contributed by atoms with van der Waals surface area (Å²) in [6.45, 7) is 17.7. The second-order valence-electron chi connectivity index (χ2n) is 15.8. The molecule has 4 rings (SSSR count). The van der Waals surface area contributed by atoms with E-state index in [1.807, 2.05) is 26.8 Å². The minimum Gasteiger partial charge on any atom is -0.465 e. The Hall–Kier alpha value is -1.44. The standard InChI is InChI=1S/C34H56O7/c1-20(11-10-16-30(4,5)39)23-14-17-32(7)24(23)12-13-26-33(32,8)18-15-25-31(6,19-40-21(2)35)29(41-22(3)36)27(37)28(38)34(25,26)9/h10,16,20,23-29,37-39H,11-15,17-19H2,1-9H3/b16-10+/t20-,23-,24-,25+,26+,27-,28+,29+,31+,32-,33-,34+/m1/s1. The first-order valence-corrected chi connectivity index (χ1v) is 15.9. The van der Waals surface area contributed by atoms with E-state index in [1.165, 1.54) is 20.3 Å². The zero-order valence-electron chi connectivity index (χ0n) is 26.9. The molecule has 0 saturated heterocycles. The van der Waals surface area contributed by atoms with Crippen molar-refractivity contribution >= 4 is 11.9 Å². The van der Waals surface area contributed by atoms with E-state index < -0.39 is 46.7 Å². The van der Waals surface area contributed by atoms with Crippen LogP contribution < -0.4 is 0 Å². The zero-order valence-corrected chi connectivity index (χ0v) is 26.9. The topological polar surface area (TPSA) is 113 Å². The molecule has 4 aliphatic rings. The quantitative estimate of drug-likeness (QED) is 0.273. The van der Waals surface area contributed by atoms with E-state index in [0.29, 0.717) is 17.8 Å². The van der Waals surface area contributed by atoms with Crippen molar-refractivity contribution in [2.24, 2.45) is 51.2 Å². The second kappa shape index (κ2) is 10.9. The van der Waals surface area contributed by atoms with Gasteiger partial charge in [0.2, 0.25) is 0 Å². The molecule has 234 valence electrons. The van der Waals surface area contributed by atoms with Crippen molar-refractivity contribution in [3.8, 4) is 0 Å². The number of esters is 2. The number of carbonyl (C=O) groups excluding carboxylic acids is 2. The molecule has 4 saturated carbocycles. The minimum atomic E-state index is -1.27. The number of aliphatic hydroxyl groups is 3. The molecule has 41 heavy (non-hydrogen) atoms. The van der Waals surface area contributed by atoms with Crippen LogP contribution in [-0.2, 0) is 19.1 Å². The van der Waals surface area contributed by atoms with Crippen LogP contribution in [0.5, 0.6) is 0 Å². The highest BCUT2D eigenvalue weighted by molar-refractivity contribution is 5.67. The summed E-state index contributed by atoms with van der Waals surface area (Å²) in [6, 6.07) is 0. The van der Waals surface area contributed by atoms with Crippen LogP contribution in [0.2, 0.25) is 0 Å². The van der Waals surface area contributed by atoms with E-state index in [4.69, 9.17) is 9.47 Å². The molecule has 4 aliphatic carbocycles. The van der Waals surface area contributed by atoms with E-state index in [-0.39, 0.29) is 29.3 Å². The Bertz CT molecular complexity index is 1030. The van der Waals surface area contributed by atoms with Crippen LogP contribution in [0.15, 0.2) is 12.2 Å². The van der Waals surface area contributed by atoms with Gasteiger partial charge in [0.05, 0.1) is 11.7 Å².